The van der Waals surface area contributed by atoms with Gasteiger partial charge in [-0.15, -0.1) is 0 Å². The quantitative estimate of drug-likeness (QED) is 0.586. The molecule has 4 rings (SSSR count). The molecule has 6 nitrogen and oxygen atoms in total. The van der Waals surface area contributed by atoms with E-state index < -0.39 is 0 Å². The zero-order valence-electron chi connectivity index (χ0n) is 18.9. The van der Waals surface area contributed by atoms with Gasteiger partial charge in [0.2, 0.25) is 0 Å². The summed E-state index contributed by atoms with van der Waals surface area (Å²) in [5.41, 5.74) is 3.74. The molecule has 31 heavy (non-hydrogen) atoms. The van der Waals surface area contributed by atoms with Gasteiger partial charge in [-0.05, 0) is 31.2 Å². The van der Waals surface area contributed by atoms with Gasteiger partial charge < -0.3 is 9.30 Å². The monoisotopic (exact) mass is 419 g/mol. The normalized spacial score (nSPS) is 17.8. The molecule has 1 aromatic carbocycles. The van der Waals surface area contributed by atoms with Crippen LogP contribution in [0.25, 0.3) is 5.65 Å². The van der Waals surface area contributed by atoms with E-state index in [1.807, 2.05) is 36.3 Å². The number of fused-ring (bicyclic) bond motifs is 1. The number of likely N-dealkylation sites (N-methyl/N-ethyl adjacent to an activating group) is 1. The largest absolute Gasteiger partial charge is 0.340 e. The van der Waals surface area contributed by atoms with Crippen LogP contribution in [0.3, 0.4) is 0 Å². The van der Waals surface area contributed by atoms with Gasteiger partial charge in [-0.1, -0.05) is 49.7 Å². The summed E-state index contributed by atoms with van der Waals surface area (Å²) < 4.78 is 2.08. The van der Waals surface area contributed by atoms with Crippen LogP contribution in [0.5, 0.6) is 0 Å². The van der Waals surface area contributed by atoms with Crippen molar-refractivity contribution in [1.29, 1.82) is 0 Å². The number of unbranched alkanes of at least 4 members (excludes halogenated alkanes) is 1. The van der Waals surface area contributed by atoms with Gasteiger partial charge in [-0.2, -0.15) is 0 Å². The first-order chi connectivity index (χ1) is 15.1. The zero-order chi connectivity index (χ0) is 21.8. The Morgan fingerprint density at radius 3 is 2.68 bits per heavy atom. The van der Waals surface area contributed by atoms with Gasteiger partial charge >= 0.3 is 0 Å². The smallest absolute Gasteiger partial charge is 0.274 e. The minimum Gasteiger partial charge on any atom is -0.340 e. The van der Waals surface area contributed by atoms with E-state index >= 15 is 0 Å². The molecule has 0 radical (unpaired) electrons. The molecular weight excluding hydrogens is 386 g/mol. The Hall–Kier alpha value is -2.70. The van der Waals surface area contributed by atoms with E-state index in [1.54, 1.807) is 0 Å². The fraction of sp³-hybridized carbons (Fsp3) is 0.440. The number of rotatable bonds is 7. The summed E-state index contributed by atoms with van der Waals surface area (Å²) in [6.45, 7) is 6.51. The van der Waals surface area contributed by atoms with Gasteiger partial charge in [0.05, 0.1) is 5.69 Å². The van der Waals surface area contributed by atoms with Crippen LogP contribution in [0.15, 0.2) is 54.7 Å². The van der Waals surface area contributed by atoms with Crippen molar-refractivity contribution in [2.75, 3.05) is 40.3 Å². The molecule has 1 aliphatic heterocycles. The minimum absolute atomic E-state index is 0.0147. The van der Waals surface area contributed by atoms with Crippen molar-refractivity contribution in [1.82, 2.24) is 24.1 Å². The summed E-state index contributed by atoms with van der Waals surface area (Å²) >= 11 is 0. The number of carbonyl (C=O) groups is 1. The number of pyridine rings is 1. The second kappa shape index (κ2) is 9.62. The summed E-state index contributed by atoms with van der Waals surface area (Å²) in [5.74, 6) is 0.0147. The molecule has 0 bridgehead atoms. The highest BCUT2D eigenvalue weighted by Gasteiger charge is 2.28. The number of hydrogen-bond donors (Lipinski definition) is 0. The van der Waals surface area contributed by atoms with E-state index in [1.165, 1.54) is 5.56 Å². The van der Waals surface area contributed by atoms with Crippen LogP contribution >= 0.6 is 0 Å². The second-order valence-electron chi connectivity index (χ2n) is 8.56. The van der Waals surface area contributed by atoms with E-state index in [0.717, 1.165) is 50.4 Å². The molecule has 3 aromatic rings. The molecule has 3 heterocycles. The SMILES string of the molecule is CCCCN(C)C(=O)c1nc2ccccn2c1CN1CCN(C)[C@H](c2ccccc2)C1. The first-order valence-corrected chi connectivity index (χ1v) is 11.3. The molecule has 0 N–H and O–H groups in total. The molecule has 2 aromatic heterocycles. The molecular formula is C25H33N5O. The first-order valence-electron chi connectivity index (χ1n) is 11.3. The third-order valence-corrected chi connectivity index (χ3v) is 6.32. The van der Waals surface area contributed by atoms with Crippen LogP contribution in [-0.4, -0.2) is 70.3 Å². The number of imidazole rings is 1. The maximum Gasteiger partial charge on any atom is 0.274 e. The molecule has 164 valence electrons. The average Bonchev–Trinajstić information content (AvgIpc) is 3.17. The Balaban J connectivity index is 1.61. The Morgan fingerprint density at radius 2 is 1.90 bits per heavy atom. The highest BCUT2D eigenvalue weighted by molar-refractivity contribution is 5.94. The van der Waals surface area contributed by atoms with Crippen LogP contribution < -0.4 is 0 Å². The van der Waals surface area contributed by atoms with Gasteiger partial charge in [0.1, 0.15) is 5.65 Å². The van der Waals surface area contributed by atoms with Gasteiger partial charge in [0.25, 0.3) is 5.91 Å². The molecule has 1 aliphatic rings. The summed E-state index contributed by atoms with van der Waals surface area (Å²) in [7, 11) is 4.08. The zero-order valence-corrected chi connectivity index (χ0v) is 18.9. The number of nitrogens with zero attached hydrogens (tertiary/aromatic N) is 5. The highest BCUT2D eigenvalue weighted by atomic mass is 16.2. The van der Waals surface area contributed by atoms with Gasteiger partial charge in [-0.25, -0.2) is 4.98 Å². The Kier molecular flexibility index (Phi) is 6.68. The molecule has 1 atom stereocenters. The number of aromatic nitrogens is 2. The summed E-state index contributed by atoms with van der Waals surface area (Å²) in [6, 6.07) is 17.0. The predicted molar refractivity (Wildman–Crippen MR) is 124 cm³/mol. The number of benzene rings is 1. The Bertz CT molecular complexity index is 1020. The van der Waals surface area contributed by atoms with Gasteiger partial charge in [0, 0.05) is 52.0 Å². The van der Waals surface area contributed by atoms with Crippen molar-refractivity contribution in [3.8, 4) is 0 Å². The third-order valence-electron chi connectivity index (χ3n) is 6.32. The van der Waals surface area contributed by atoms with Crippen molar-refractivity contribution in [3.05, 3.63) is 71.7 Å². The Labute approximate surface area is 185 Å². The van der Waals surface area contributed by atoms with Crippen LogP contribution in [0.4, 0.5) is 0 Å². The van der Waals surface area contributed by atoms with Crippen LogP contribution in [0.2, 0.25) is 0 Å². The number of hydrogen-bond acceptors (Lipinski definition) is 4. The summed E-state index contributed by atoms with van der Waals surface area (Å²) in [6.07, 6.45) is 4.09. The Morgan fingerprint density at radius 1 is 1.13 bits per heavy atom. The van der Waals surface area contributed by atoms with E-state index in [9.17, 15) is 4.79 Å². The van der Waals surface area contributed by atoms with E-state index in [0.29, 0.717) is 18.3 Å². The van der Waals surface area contributed by atoms with Crippen molar-refractivity contribution in [2.24, 2.45) is 0 Å². The van der Waals surface area contributed by atoms with Crippen molar-refractivity contribution in [2.45, 2.75) is 32.4 Å². The van der Waals surface area contributed by atoms with Crippen molar-refractivity contribution >= 4 is 11.6 Å². The van der Waals surface area contributed by atoms with Gasteiger partial charge in [-0.3, -0.25) is 14.6 Å². The average molecular weight is 420 g/mol. The fourth-order valence-electron chi connectivity index (χ4n) is 4.37. The topological polar surface area (TPSA) is 44.1 Å². The highest BCUT2D eigenvalue weighted by Crippen LogP contribution is 2.26. The maximum absolute atomic E-state index is 13.2. The maximum atomic E-state index is 13.2. The van der Waals surface area contributed by atoms with Crippen molar-refractivity contribution in [3.63, 3.8) is 0 Å². The summed E-state index contributed by atoms with van der Waals surface area (Å²) in [4.78, 5) is 24.7. The molecule has 1 saturated heterocycles. The molecule has 0 spiro atoms. The molecule has 0 aliphatic carbocycles. The third kappa shape index (κ3) is 4.65. The van der Waals surface area contributed by atoms with E-state index in [4.69, 9.17) is 4.98 Å². The molecule has 1 fully saturated rings. The predicted octanol–water partition coefficient (Wildman–Crippen LogP) is 3.70. The lowest BCUT2D eigenvalue weighted by Gasteiger charge is -2.39. The minimum atomic E-state index is 0.0147. The molecule has 1 amide bonds. The molecule has 0 saturated carbocycles. The lowest BCUT2D eigenvalue weighted by molar-refractivity contribution is 0.0773. The standard InChI is InChI=1S/C25H33N5O/c1-4-5-14-28(3)25(31)24-22(30-15-10-9-13-23(30)26-24)19-29-17-16-27(2)21(18-29)20-11-7-6-8-12-20/h6-13,15,21H,4-5,14,16-19H2,1-3H3/t21-/m0/s1. The molecule has 6 heteroatoms. The van der Waals surface area contributed by atoms with Crippen LogP contribution in [0, 0.1) is 0 Å². The van der Waals surface area contributed by atoms with Crippen molar-refractivity contribution < 1.29 is 4.79 Å². The van der Waals surface area contributed by atoms with E-state index in [-0.39, 0.29) is 5.91 Å². The fourth-order valence-corrected chi connectivity index (χ4v) is 4.37. The first kappa shape index (κ1) is 21.5. The van der Waals surface area contributed by atoms with Crippen LogP contribution in [0.1, 0.15) is 47.6 Å². The number of carbonyl (C=O) groups excluding carboxylic acids is 1. The van der Waals surface area contributed by atoms with E-state index in [2.05, 4.69) is 58.5 Å². The lowest BCUT2D eigenvalue weighted by Crippen LogP contribution is -2.46. The van der Waals surface area contributed by atoms with Crippen LogP contribution in [-0.2, 0) is 6.54 Å². The van der Waals surface area contributed by atoms with Gasteiger partial charge in [0.15, 0.2) is 5.69 Å². The number of amides is 1. The molecule has 0 unspecified atom stereocenters. The summed E-state index contributed by atoms with van der Waals surface area (Å²) in [5, 5.41) is 0. The lowest BCUT2D eigenvalue weighted by atomic mass is 10.0. The second-order valence-corrected chi connectivity index (χ2v) is 8.56. The number of piperazine rings is 1.